The third kappa shape index (κ3) is 6.62. The Hall–Kier alpha value is -1.41. The number of aryl methyl sites for hydroxylation is 2. The zero-order chi connectivity index (χ0) is 25.5. The monoisotopic (exact) mass is 485 g/mol. The normalized spacial score (nSPS) is 12.8. The van der Waals surface area contributed by atoms with Crippen LogP contribution in [0, 0.1) is 13.8 Å². The lowest BCUT2D eigenvalue weighted by atomic mass is 9.80. The smallest absolute Gasteiger partial charge is 0.188 e. The zero-order valence-corrected chi connectivity index (χ0v) is 24.4. The van der Waals surface area contributed by atoms with E-state index in [9.17, 15) is 0 Å². The van der Waals surface area contributed by atoms with Gasteiger partial charge in [-0.15, -0.1) is 0 Å². The molecule has 190 valence electrons. The second-order valence-corrected chi connectivity index (χ2v) is 12.2. The van der Waals surface area contributed by atoms with Crippen molar-refractivity contribution in [1.29, 1.82) is 0 Å². The summed E-state index contributed by atoms with van der Waals surface area (Å²) < 4.78 is 11.8. The molecule has 34 heavy (non-hydrogen) atoms. The van der Waals surface area contributed by atoms with Gasteiger partial charge in [0.25, 0.3) is 0 Å². The molecular formula is C30H48NO2P. The van der Waals surface area contributed by atoms with E-state index in [1.54, 1.807) is 7.11 Å². The molecule has 0 aliphatic carbocycles. The van der Waals surface area contributed by atoms with E-state index in [0.29, 0.717) is 8.58 Å². The molecule has 0 aliphatic rings. The van der Waals surface area contributed by atoms with Gasteiger partial charge in [0.15, 0.2) is 6.79 Å². The molecule has 1 atom stereocenters. The van der Waals surface area contributed by atoms with Crippen LogP contribution in [0.4, 0.5) is 0 Å². The van der Waals surface area contributed by atoms with Crippen LogP contribution in [0.25, 0.3) is 0 Å². The van der Waals surface area contributed by atoms with E-state index in [1.165, 1.54) is 33.1 Å². The molecule has 0 aliphatic heterocycles. The summed E-state index contributed by atoms with van der Waals surface area (Å²) in [6.07, 6.45) is 2.13. The first kappa shape index (κ1) is 28.8. The Morgan fingerprint density at radius 1 is 0.912 bits per heavy atom. The van der Waals surface area contributed by atoms with Gasteiger partial charge >= 0.3 is 0 Å². The molecule has 0 bridgehead atoms. The van der Waals surface area contributed by atoms with Crippen LogP contribution in [-0.4, -0.2) is 31.9 Å². The number of rotatable bonds is 12. The summed E-state index contributed by atoms with van der Waals surface area (Å²) in [4.78, 5) is 2.51. The quantitative estimate of drug-likeness (QED) is 0.230. The highest BCUT2D eigenvalue weighted by atomic mass is 31.1. The Balaban J connectivity index is 2.73. The van der Waals surface area contributed by atoms with Crippen LogP contribution < -0.4 is 10.0 Å². The van der Waals surface area contributed by atoms with Crippen LogP contribution in [0.3, 0.4) is 0 Å². The van der Waals surface area contributed by atoms with Gasteiger partial charge in [0.05, 0.1) is 0 Å². The average molecular weight is 486 g/mol. The maximum Gasteiger partial charge on any atom is 0.188 e. The predicted molar refractivity (Wildman–Crippen MR) is 150 cm³/mol. The lowest BCUT2D eigenvalue weighted by Gasteiger charge is -2.38. The van der Waals surface area contributed by atoms with Crippen LogP contribution in [0.1, 0.15) is 89.1 Å². The van der Waals surface area contributed by atoms with Crippen LogP contribution in [-0.2, 0) is 21.9 Å². The molecule has 0 N–H and O–H groups in total. The van der Waals surface area contributed by atoms with E-state index >= 15 is 0 Å². The molecule has 4 heteroatoms. The molecule has 0 fully saturated rings. The van der Waals surface area contributed by atoms with Crippen molar-refractivity contribution in [2.45, 2.75) is 92.3 Å². The standard InChI is InChI=1S/C30H48NO2P/c1-11-30(12-2,34-28-23(6)16-15-17-24(28)20-31(13-3)14-4)26-19-22(5)18-25(29(7,8)9)27(26)33-21-32-10/h15-19,34H,11-14,20-21H2,1-10H3. The first-order valence-electron chi connectivity index (χ1n) is 12.9. The summed E-state index contributed by atoms with van der Waals surface area (Å²) in [5, 5.41) is 1.54. The van der Waals surface area contributed by atoms with Gasteiger partial charge in [0.2, 0.25) is 0 Å². The van der Waals surface area contributed by atoms with E-state index < -0.39 is 0 Å². The van der Waals surface area contributed by atoms with Crippen molar-refractivity contribution in [1.82, 2.24) is 4.90 Å². The SMILES string of the molecule is CCN(CC)Cc1cccc(C)c1PC(CC)(CC)c1cc(C)cc(C(C)(C)C)c1OCOC. The fraction of sp³-hybridized carbons (Fsp3) is 0.600. The van der Waals surface area contributed by atoms with Crippen LogP contribution >= 0.6 is 8.58 Å². The minimum Gasteiger partial charge on any atom is -0.467 e. The Kier molecular flexibility index (Phi) is 10.6. The minimum atomic E-state index is -0.0171. The molecule has 2 rings (SSSR count). The fourth-order valence-corrected chi connectivity index (χ4v) is 6.56. The number of ether oxygens (including phenoxy) is 2. The van der Waals surface area contributed by atoms with Gasteiger partial charge in [-0.25, -0.2) is 0 Å². The van der Waals surface area contributed by atoms with Gasteiger partial charge < -0.3 is 9.47 Å². The Morgan fingerprint density at radius 2 is 1.53 bits per heavy atom. The van der Waals surface area contributed by atoms with Gasteiger partial charge in [-0.1, -0.05) is 92.9 Å². The third-order valence-corrected chi connectivity index (χ3v) is 9.52. The van der Waals surface area contributed by atoms with Crippen LogP contribution in [0.5, 0.6) is 5.75 Å². The zero-order valence-electron chi connectivity index (χ0n) is 23.4. The van der Waals surface area contributed by atoms with E-state index in [-0.39, 0.29) is 17.4 Å². The Bertz CT molecular complexity index is 924. The summed E-state index contributed by atoms with van der Waals surface area (Å²) in [7, 11) is 2.37. The topological polar surface area (TPSA) is 21.7 Å². The largest absolute Gasteiger partial charge is 0.467 e. The third-order valence-electron chi connectivity index (χ3n) is 7.10. The molecule has 0 heterocycles. The van der Waals surface area contributed by atoms with Crippen molar-refractivity contribution >= 4 is 13.9 Å². The number of nitrogens with zero attached hydrogens (tertiary/aromatic N) is 1. The van der Waals surface area contributed by atoms with Crippen LogP contribution in [0.15, 0.2) is 30.3 Å². The summed E-state index contributed by atoms with van der Waals surface area (Å²) in [5.41, 5.74) is 6.76. The maximum absolute atomic E-state index is 6.38. The molecular weight excluding hydrogens is 437 g/mol. The highest BCUT2D eigenvalue weighted by Gasteiger charge is 2.36. The number of methoxy groups -OCH3 is 1. The lowest BCUT2D eigenvalue weighted by Crippen LogP contribution is -2.29. The molecule has 1 unspecified atom stereocenters. The van der Waals surface area contributed by atoms with Crippen molar-refractivity contribution in [3.8, 4) is 5.75 Å². The van der Waals surface area contributed by atoms with Gasteiger partial charge in [-0.05, 0) is 61.6 Å². The van der Waals surface area contributed by atoms with Gasteiger partial charge in [-0.3, -0.25) is 4.90 Å². The number of hydrogen-bond acceptors (Lipinski definition) is 3. The molecule has 0 radical (unpaired) electrons. The van der Waals surface area contributed by atoms with Crippen LogP contribution in [0.2, 0.25) is 0 Å². The van der Waals surface area contributed by atoms with Crippen molar-refractivity contribution in [2.75, 3.05) is 27.0 Å². The van der Waals surface area contributed by atoms with Gasteiger partial charge in [0, 0.05) is 29.9 Å². The van der Waals surface area contributed by atoms with E-state index in [0.717, 1.165) is 38.2 Å². The second-order valence-electron chi connectivity index (χ2n) is 10.5. The summed E-state index contributed by atoms with van der Waals surface area (Å²) >= 11 is 0. The maximum atomic E-state index is 6.38. The molecule has 0 spiro atoms. The molecule has 3 nitrogen and oxygen atoms in total. The van der Waals surface area contributed by atoms with E-state index in [4.69, 9.17) is 9.47 Å². The molecule has 2 aromatic carbocycles. The first-order chi connectivity index (χ1) is 16.1. The molecule has 0 amide bonds. The summed E-state index contributed by atoms with van der Waals surface area (Å²) in [5.74, 6) is 1.02. The average Bonchev–Trinajstić information content (AvgIpc) is 2.80. The van der Waals surface area contributed by atoms with E-state index in [2.05, 4.69) is 97.5 Å². The van der Waals surface area contributed by atoms with Gasteiger partial charge in [-0.2, -0.15) is 0 Å². The minimum absolute atomic E-state index is 0.0131. The molecule has 0 saturated heterocycles. The summed E-state index contributed by atoms with van der Waals surface area (Å²) in [6, 6.07) is 11.5. The predicted octanol–water partition coefficient (Wildman–Crippen LogP) is 7.44. The van der Waals surface area contributed by atoms with E-state index in [1.807, 2.05) is 0 Å². The van der Waals surface area contributed by atoms with Crippen molar-refractivity contribution < 1.29 is 9.47 Å². The molecule has 0 saturated carbocycles. The van der Waals surface area contributed by atoms with Crippen molar-refractivity contribution in [3.05, 3.63) is 58.1 Å². The molecule has 2 aromatic rings. The summed E-state index contributed by atoms with van der Waals surface area (Å²) in [6.45, 7) is 23.9. The fourth-order valence-electron chi connectivity index (χ4n) is 4.80. The Labute approximate surface area is 211 Å². The Morgan fingerprint density at radius 3 is 2.06 bits per heavy atom. The highest BCUT2D eigenvalue weighted by Crippen LogP contribution is 2.53. The lowest BCUT2D eigenvalue weighted by molar-refractivity contribution is 0.0485. The second kappa shape index (κ2) is 12.5. The van der Waals surface area contributed by atoms with Crippen molar-refractivity contribution in [3.63, 3.8) is 0 Å². The number of benzene rings is 2. The van der Waals surface area contributed by atoms with Crippen molar-refractivity contribution in [2.24, 2.45) is 0 Å². The molecule has 0 aromatic heterocycles. The highest BCUT2D eigenvalue weighted by molar-refractivity contribution is 7.48. The number of hydrogen-bond donors (Lipinski definition) is 0. The van der Waals surface area contributed by atoms with Gasteiger partial charge in [0.1, 0.15) is 5.75 Å². The first-order valence-corrected chi connectivity index (χ1v) is 13.9.